The summed E-state index contributed by atoms with van der Waals surface area (Å²) >= 11 is 0. The number of carbonyl (C=O) groups is 1. The Morgan fingerprint density at radius 1 is 1.25 bits per heavy atom. The van der Waals surface area contributed by atoms with Crippen molar-refractivity contribution in [3.05, 3.63) is 35.9 Å². The minimum absolute atomic E-state index is 0.0324. The molecule has 5 heteroatoms. The molecule has 2 N–H and O–H groups in total. The molecule has 1 atom stereocenters. The topological polar surface area (TPSA) is 59.6 Å². The Morgan fingerprint density at radius 3 is 2.62 bits per heavy atom. The van der Waals surface area contributed by atoms with E-state index in [1.54, 1.807) is 0 Å². The van der Waals surface area contributed by atoms with Crippen LogP contribution in [-0.4, -0.2) is 38.4 Å². The first-order valence-corrected chi connectivity index (χ1v) is 8.91. The van der Waals surface area contributed by atoms with E-state index in [-0.39, 0.29) is 18.7 Å². The van der Waals surface area contributed by atoms with Gasteiger partial charge in [0.15, 0.2) is 0 Å². The number of amides is 1. The lowest BCUT2D eigenvalue weighted by Gasteiger charge is -2.25. The zero-order valence-electron chi connectivity index (χ0n) is 14.8. The molecule has 0 aromatic heterocycles. The molecule has 0 saturated carbocycles. The van der Waals surface area contributed by atoms with Crippen LogP contribution in [0, 0.1) is 11.8 Å². The Bertz CT molecular complexity index is 473. The number of carbonyl (C=O) groups excluding carboxylic acids is 1. The zero-order valence-corrected chi connectivity index (χ0v) is 14.8. The molecular weight excluding hydrogens is 304 g/mol. The maximum atomic E-state index is 12.0. The van der Waals surface area contributed by atoms with Gasteiger partial charge >= 0.3 is 6.09 Å². The Hall–Kier alpha value is -1.59. The summed E-state index contributed by atoms with van der Waals surface area (Å²) in [6.07, 6.45) is 1.95. The van der Waals surface area contributed by atoms with E-state index < -0.39 is 0 Å². The molecule has 0 radical (unpaired) electrons. The molecule has 1 aromatic rings. The van der Waals surface area contributed by atoms with Crippen molar-refractivity contribution in [2.45, 2.75) is 39.3 Å². The van der Waals surface area contributed by atoms with Gasteiger partial charge in [-0.3, -0.25) is 0 Å². The van der Waals surface area contributed by atoms with Crippen molar-refractivity contribution in [2.75, 3.05) is 26.3 Å². The van der Waals surface area contributed by atoms with Crippen molar-refractivity contribution in [1.29, 1.82) is 0 Å². The second-order valence-electron chi connectivity index (χ2n) is 6.79. The maximum Gasteiger partial charge on any atom is 0.407 e. The first-order valence-electron chi connectivity index (χ1n) is 8.91. The molecule has 2 rings (SSSR count). The van der Waals surface area contributed by atoms with E-state index in [0.29, 0.717) is 18.4 Å². The number of ether oxygens (including phenoxy) is 2. The van der Waals surface area contributed by atoms with Gasteiger partial charge in [-0.15, -0.1) is 0 Å². The molecule has 1 aliphatic heterocycles. The number of alkyl carbamates (subject to hydrolysis) is 1. The lowest BCUT2D eigenvalue weighted by molar-refractivity contribution is 0.0584. The molecule has 0 unspecified atom stereocenters. The van der Waals surface area contributed by atoms with E-state index in [4.69, 9.17) is 9.47 Å². The highest BCUT2D eigenvalue weighted by atomic mass is 16.5. The number of hydrogen-bond donors (Lipinski definition) is 2. The van der Waals surface area contributed by atoms with E-state index in [2.05, 4.69) is 24.5 Å². The largest absolute Gasteiger partial charge is 0.445 e. The number of piperidine rings is 1. The molecule has 24 heavy (non-hydrogen) atoms. The van der Waals surface area contributed by atoms with E-state index in [0.717, 1.165) is 25.3 Å². The Labute approximate surface area is 145 Å². The molecule has 1 saturated heterocycles. The maximum absolute atomic E-state index is 12.0. The van der Waals surface area contributed by atoms with Crippen molar-refractivity contribution in [2.24, 2.45) is 11.8 Å². The van der Waals surface area contributed by atoms with Crippen molar-refractivity contribution >= 4 is 6.09 Å². The summed E-state index contributed by atoms with van der Waals surface area (Å²) in [6.45, 7) is 7.89. The van der Waals surface area contributed by atoms with Crippen LogP contribution in [0.25, 0.3) is 0 Å². The van der Waals surface area contributed by atoms with Crippen LogP contribution < -0.4 is 10.6 Å². The third-order valence-electron chi connectivity index (χ3n) is 4.43. The highest BCUT2D eigenvalue weighted by Gasteiger charge is 2.19. The first-order chi connectivity index (χ1) is 11.6. The fraction of sp³-hybridized carbons (Fsp3) is 0.632. The molecule has 1 aliphatic rings. The lowest BCUT2D eigenvalue weighted by atomic mass is 9.99. The summed E-state index contributed by atoms with van der Waals surface area (Å²) < 4.78 is 11.2. The molecule has 0 spiro atoms. The van der Waals surface area contributed by atoms with E-state index in [1.807, 2.05) is 30.3 Å². The molecular formula is C19H30N2O3. The molecule has 1 heterocycles. The fourth-order valence-electron chi connectivity index (χ4n) is 2.73. The molecule has 0 aliphatic carbocycles. The van der Waals surface area contributed by atoms with Crippen molar-refractivity contribution < 1.29 is 14.3 Å². The summed E-state index contributed by atoms with van der Waals surface area (Å²) in [5, 5.41) is 6.28. The smallest absolute Gasteiger partial charge is 0.407 e. The summed E-state index contributed by atoms with van der Waals surface area (Å²) in [6, 6.07) is 9.66. The fourth-order valence-corrected chi connectivity index (χ4v) is 2.73. The Morgan fingerprint density at radius 2 is 1.96 bits per heavy atom. The summed E-state index contributed by atoms with van der Waals surface area (Å²) in [5.74, 6) is 0.923. The van der Waals surface area contributed by atoms with Crippen LogP contribution in [0.4, 0.5) is 4.79 Å². The number of rotatable bonds is 8. The standard InChI is InChI=1S/C19H30N2O3/c1-15(2)18(14-23-12-17-8-10-20-11-9-17)21-19(22)24-13-16-6-4-3-5-7-16/h3-7,15,17-18,20H,8-14H2,1-2H3,(H,21,22)/t18-/m0/s1. The van der Waals surface area contributed by atoms with Crippen molar-refractivity contribution in [1.82, 2.24) is 10.6 Å². The Balaban J connectivity index is 1.68. The van der Waals surface area contributed by atoms with Crippen LogP contribution in [0.5, 0.6) is 0 Å². The van der Waals surface area contributed by atoms with Gasteiger partial charge < -0.3 is 20.1 Å². The second kappa shape index (κ2) is 10.3. The molecule has 0 bridgehead atoms. The van der Waals surface area contributed by atoms with Crippen LogP contribution in [0.3, 0.4) is 0 Å². The molecule has 1 amide bonds. The van der Waals surface area contributed by atoms with Gasteiger partial charge in [0.25, 0.3) is 0 Å². The average Bonchev–Trinajstić information content (AvgIpc) is 2.61. The van der Waals surface area contributed by atoms with Crippen LogP contribution in [0.2, 0.25) is 0 Å². The van der Waals surface area contributed by atoms with E-state index in [9.17, 15) is 4.79 Å². The Kier molecular flexibility index (Phi) is 8.05. The van der Waals surface area contributed by atoms with Crippen LogP contribution in [0.15, 0.2) is 30.3 Å². The quantitative estimate of drug-likeness (QED) is 0.767. The van der Waals surface area contributed by atoms with E-state index in [1.165, 1.54) is 12.8 Å². The molecule has 1 aromatic carbocycles. The minimum atomic E-state index is -0.386. The van der Waals surface area contributed by atoms with Gasteiger partial charge in [-0.1, -0.05) is 44.2 Å². The predicted molar refractivity (Wildman–Crippen MR) is 94.8 cm³/mol. The van der Waals surface area contributed by atoms with Gasteiger partial charge in [0.2, 0.25) is 0 Å². The van der Waals surface area contributed by atoms with Gasteiger partial charge in [0.05, 0.1) is 12.6 Å². The third-order valence-corrected chi connectivity index (χ3v) is 4.43. The van der Waals surface area contributed by atoms with Crippen LogP contribution >= 0.6 is 0 Å². The lowest BCUT2D eigenvalue weighted by Crippen LogP contribution is -2.42. The molecule has 1 fully saturated rings. The SMILES string of the molecule is CC(C)[C@H](COCC1CCNCC1)NC(=O)OCc1ccccc1. The van der Waals surface area contributed by atoms with Gasteiger partial charge in [-0.2, -0.15) is 0 Å². The summed E-state index contributed by atoms with van der Waals surface area (Å²) in [5.41, 5.74) is 0.982. The summed E-state index contributed by atoms with van der Waals surface area (Å²) in [4.78, 5) is 12.0. The average molecular weight is 334 g/mol. The van der Waals surface area contributed by atoms with Crippen molar-refractivity contribution in [3.8, 4) is 0 Å². The van der Waals surface area contributed by atoms with E-state index >= 15 is 0 Å². The van der Waals surface area contributed by atoms with Crippen LogP contribution in [0.1, 0.15) is 32.3 Å². The monoisotopic (exact) mass is 334 g/mol. The molecule has 5 nitrogen and oxygen atoms in total. The zero-order chi connectivity index (χ0) is 17.2. The number of benzene rings is 1. The van der Waals surface area contributed by atoms with Crippen molar-refractivity contribution in [3.63, 3.8) is 0 Å². The normalized spacial score (nSPS) is 16.8. The van der Waals surface area contributed by atoms with Gasteiger partial charge in [0, 0.05) is 6.61 Å². The third kappa shape index (κ3) is 6.89. The minimum Gasteiger partial charge on any atom is -0.445 e. The number of hydrogen-bond acceptors (Lipinski definition) is 4. The van der Waals surface area contributed by atoms with Crippen LogP contribution in [-0.2, 0) is 16.1 Å². The predicted octanol–water partition coefficient (Wildman–Crippen LogP) is 2.95. The summed E-state index contributed by atoms with van der Waals surface area (Å²) in [7, 11) is 0. The second-order valence-corrected chi connectivity index (χ2v) is 6.79. The van der Waals surface area contributed by atoms with Gasteiger partial charge in [-0.25, -0.2) is 4.79 Å². The number of nitrogens with one attached hydrogen (secondary N) is 2. The van der Waals surface area contributed by atoms with Gasteiger partial charge in [0.1, 0.15) is 6.61 Å². The molecule has 134 valence electrons. The first kappa shape index (κ1) is 18.7. The highest BCUT2D eigenvalue weighted by molar-refractivity contribution is 5.67. The van der Waals surface area contributed by atoms with Gasteiger partial charge in [-0.05, 0) is 43.3 Å². The highest BCUT2D eigenvalue weighted by Crippen LogP contribution is 2.12.